The van der Waals surface area contributed by atoms with Crippen molar-refractivity contribution in [2.75, 3.05) is 26.2 Å². The summed E-state index contributed by atoms with van der Waals surface area (Å²) in [6, 6.07) is 3.28. The molecule has 4 rings (SSSR count). The van der Waals surface area contributed by atoms with Gasteiger partial charge in [-0.25, -0.2) is 8.42 Å². The number of carboxylic acids is 1. The Hall–Kier alpha value is -1.71. The Balaban J connectivity index is 1.44. The Morgan fingerprint density at radius 1 is 1.08 bits per heavy atom. The Morgan fingerprint density at radius 2 is 1.73 bits per heavy atom. The van der Waals surface area contributed by atoms with E-state index >= 15 is 0 Å². The normalized spacial score (nSPS) is 31.5. The van der Waals surface area contributed by atoms with E-state index in [1.54, 1.807) is 22.4 Å². The highest BCUT2D eigenvalue weighted by Gasteiger charge is 2.52. The van der Waals surface area contributed by atoms with Gasteiger partial charge in [-0.05, 0) is 29.7 Å². The molecular formula is C17H20N2O5S2. The second-order valence-electron chi connectivity index (χ2n) is 7.00. The number of carbonyl (C=O) groups excluding carboxylic acids is 1. The predicted octanol–water partition coefficient (Wildman–Crippen LogP) is 1.10. The lowest BCUT2D eigenvalue weighted by Crippen LogP contribution is -2.53. The van der Waals surface area contributed by atoms with Crippen LogP contribution in [0.3, 0.4) is 0 Å². The van der Waals surface area contributed by atoms with Crippen molar-refractivity contribution in [3.63, 3.8) is 0 Å². The summed E-state index contributed by atoms with van der Waals surface area (Å²) in [5.74, 6) is -2.33. The summed E-state index contributed by atoms with van der Waals surface area (Å²) in [5.41, 5.74) is 0. The van der Waals surface area contributed by atoms with Crippen LogP contribution in [0.1, 0.15) is 6.42 Å². The van der Waals surface area contributed by atoms with Gasteiger partial charge in [0.2, 0.25) is 5.91 Å². The fraction of sp³-hybridized carbons (Fsp3) is 0.529. The number of allylic oxidation sites excluding steroid dienone is 2. The molecule has 2 aliphatic carbocycles. The molecule has 2 heterocycles. The molecule has 0 radical (unpaired) electrons. The number of nitrogens with zero attached hydrogens (tertiary/aromatic N) is 2. The van der Waals surface area contributed by atoms with Gasteiger partial charge < -0.3 is 10.0 Å². The van der Waals surface area contributed by atoms with Gasteiger partial charge in [0.1, 0.15) is 4.21 Å². The maximum absolute atomic E-state index is 13.0. The van der Waals surface area contributed by atoms with Crippen molar-refractivity contribution in [3.05, 3.63) is 29.7 Å². The minimum Gasteiger partial charge on any atom is -0.481 e. The van der Waals surface area contributed by atoms with Crippen molar-refractivity contribution in [2.24, 2.45) is 23.7 Å². The molecule has 26 heavy (non-hydrogen) atoms. The van der Waals surface area contributed by atoms with Gasteiger partial charge in [-0.1, -0.05) is 18.2 Å². The average Bonchev–Trinajstić information content (AvgIpc) is 3.37. The van der Waals surface area contributed by atoms with Gasteiger partial charge in [0.15, 0.2) is 0 Å². The molecule has 1 N–H and O–H groups in total. The number of thiophene rings is 1. The van der Waals surface area contributed by atoms with E-state index in [1.807, 2.05) is 12.2 Å². The molecule has 2 bridgehead atoms. The van der Waals surface area contributed by atoms with E-state index < -0.39 is 27.8 Å². The number of carboxylic acid groups (broad SMARTS) is 1. The summed E-state index contributed by atoms with van der Waals surface area (Å²) in [4.78, 5) is 26.2. The van der Waals surface area contributed by atoms with Crippen LogP contribution in [0.2, 0.25) is 0 Å². The van der Waals surface area contributed by atoms with E-state index in [0.29, 0.717) is 17.3 Å². The number of aliphatic carboxylic acids is 1. The van der Waals surface area contributed by atoms with Gasteiger partial charge >= 0.3 is 5.97 Å². The molecule has 3 aliphatic rings. The summed E-state index contributed by atoms with van der Waals surface area (Å²) >= 11 is 1.18. The van der Waals surface area contributed by atoms with Crippen molar-refractivity contribution in [1.82, 2.24) is 9.21 Å². The quantitative estimate of drug-likeness (QED) is 0.769. The Morgan fingerprint density at radius 3 is 2.31 bits per heavy atom. The molecule has 2 fully saturated rings. The van der Waals surface area contributed by atoms with E-state index in [9.17, 15) is 23.1 Å². The molecular weight excluding hydrogens is 376 g/mol. The van der Waals surface area contributed by atoms with Gasteiger partial charge in [0.25, 0.3) is 10.0 Å². The molecule has 1 saturated carbocycles. The number of carbonyl (C=O) groups is 2. The highest BCUT2D eigenvalue weighted by molar-refractivity contribution is 7.91. The lowest BCUT2D eigenvalue weighted by atomic mass is 9.82. The summed E-state index contributed by atoms with van der Waals surface area (Å²) in [7, 11) is -3.51. The van der Waals surface area contributed by atoms with Crippen LogP contribution in [0.15, 0.2) is 33.9 Å². The van der Waals surface area contributed by atoms with E-state index in [2.05, 4.69) is 0 Å². The Labute approximate surface area is 156 Å². The van der Waals surface area contributed by atoms with Crippen molar-refractivity contribution in [1.29, 1.82) is 0 Å². The lowest BCUT2D eigenvalue weighted by molar-refractivity contribution is -0.151. The van der Waals surface area contributed by atoms with Gasteiger partial charge in [0.05, 0.1) is 11.8 Å². The number of sulfonamides is 1. The molecule has 4 atom stereocenters. The zero-order chi connectivity index (χ0) is 18.5. The van der Waals surface area contributed by atoms with E-state index in [-0.39, 0.29) is 30.8 Å². The number of amides is 1. The van der Waals surface area contributed by atoms with E-state index in [1.165, 1.54) is 15.6 Å². The highest BCUT2D eigenvalue weighted by atomic mass is 32.2. The van der Waals surface area contributed by atoms with Crippen molar-refractivity contribution >= 4 is 33.2 Å². The predicted molar refractivity (Wildman–Crippen MR) is 95.0 cm³/mol. The summed E-state index contributed by atoms with van der Waals surface area (Å²) < 4.78 is 26.9. The zero-order valence-corrected chi connectivity index (χ0v) is 15.7. The number of hydrogen-bond donors (Lipinski definition) is 1. The molecule has 1 amide bonds. The first-order valence-electron chi connectivity index (χ1n) is 8.63. The SMILES string of the molecule is O=C(O)[C@@H]1[C@H](C(=O)N2CCN(S(=O)(=O)c3cccs3)CC2)[C@H]2C=C[C@H]1C2. The van der Waals surface area contributed by atoms with Gasteiger partial charge in [-0.2, -0.15) is 4.31 Å². The second kappa shape index (κ2) is 6.47. The second-order valence-corrected chi connectivity index (χ2v) is 10.1. The highest BCUT2D eigenvalue weighted by Crippen LogP contribution is 2.48. The first-order chi connectivity index (χ1) is 12.4. The Kier molecular flexibility index (Phi) is 4.40. The standard InChI is InChI=1S/C17H20N2O5S2/c20-16(14-11-3-4-12(10-11)15(14)17(21)22)18-5-7-19(8-6-18)26(23,24)13-2-1-9-25-13/h1-4,9,11-12,14-15H,5-8,10H2,(H,21,22)/t11-,12-,14+,15-/m0/s1. The third kappa shape index (κ3) is 2.78. The molecule has 140 valence electrons. The van der Waals surface area contributed by atoms with Crippen LogP contribution in [0.4, 0.5) is 0 Å². The third-order valence-electron chi connectivity index (χ3n) is 5.67. The summed E-state index contributed by atoms with van der Waals surface area (Å²) in [6.07, 6.45) is 4.60. The fourth-order valence-corrected chi connectivity index (χ4v) is 6.96. The molecule has 0 unspecified atom stereocenters. The van der Waals surface area contributed by atoms with Crippen LogP contribution in [-0.2, 0) is 19.6 Å². The van der Waals surface area contributed by atoms with Crippen LogP contribution >= 0.6 is 11.3 Å². The van der Waals surface area contributed by atoms with Gasteiger partial charge in [0, 0.05) is 26.2 Å². The smallest absolute Gasteiger partial charge is 0.307 e. The van der Waals surface area contributed by atoms with Crippen LogP contribution in [0.25, 0.3) is 0 Å². The van der Waals surface area contributed by atoms with Crippen LogP contribution < -0.4 is 0 Å². The third-order valence-corrected chi connectivity index (χ3v) is 8.94. The maximum atomic E-state index is 13.0. The molecule has 0 spiro atoms. The van der Waals surface area contributed by atoms with E-state index in [4.69, 9.17) is 0 Å². The van der Waals surface area contributed by atoms with Crippen LogP contribution in [-0.4, -0.2) is 60.8 Å². The maximum Gasteiger partial charge on any atom is 0.307 e. The lowest BCUT2D eigenvalue weighted by Gasteiger charge is -2.37. The molecule has 0 aromatic carbocycles. The molecule has 1 saturated heterocycles. The fourth-order valence-electron chi connectivity index (χ4n) is 4.39. The zero-order valence-electron chi connectivity index (χ0n) is 14.0. The van der Waals surface area contributed by atoms with Gasteiger partial charge in [-0.3, -0.25) is 9.59 Å². The molecule has 1 aliphatic heterocycles. The molecule has 1 aromatic rings. The van der Waals surface area contributed by atoms with Crippen LogP contribution in [0.5, 0.6) is 0 Å². The monoisotopic (exact) mass is 396 g/mol. The topological polar surface area (TPSA) is 95.0 Å². The number of piperazine rings is 1. The van der Waals surface area contributed by atoms with E-state index in [0.717, 1.165) is 6.42 Å². The summed E-state index contributed by atoms with van der Waals surface area (Å²) in [6.45, 7) is 1.07. The largest absolute Gasteiger partial charge is 0.481 e. The minimum absolute atomic E-state index is 0.0125. The molecule has 7 nitrogen and oxygen atoms in total. The average molecular weight is 396 g/mol. The minimum atomic E-state index is -3.51. The number of fused-ring (bicyclic) bond motifs is 2. The first-order valence-corrected chi connectivity index (χ1v) is 10.9. The number of hydrogen-bond acceptors (Lipinski definition) is 5. The first kappa shape index (κ1) is 17.7. The van der Waals surface area contributed by atoms with Crippen molar-refractivity contribution in [2.45, 2.75) is 10.6 Å². The molecule has 9 heteroatoms. The molecule has 1 aromatic heterocycles. The summed E-state index contributed by atoms with van der Waals surface area (Å²) in [5, 5.41) is 11.2. The van der Waals surface area contributed by atoms with Gasteiger partial charge in [-0.15, -0.1) is 11.3 Å². The van der Waals surface area contributed by atoms with Crippen molar-refractivity contribution in [3.8, 4) is 0 Å². The Bertz CT molecular complexity index is 841. The van der Waals surface area contributed by atoms with Crippen molar-refractivity contribution < 1.29 is 23.1 Å². The van der Waals surface area contributed by atoms with Crippen LogP contribution in [0, 0.1) is 23.7 Å². The number of rotatable bonds is 4.